The number of ether oxygens (including phenoxy) is 1. The third kappa shape index (κ3) is 6.89. The molecule has 0 spiro atoms. The first-order chi connectivity index (χ1) is 11.3. The number of hydrogen-bond donors (Lipinski definition) is 0. The molecule has 0 radical (unpaired) electrons. The van der Waals surface area contributed by atoms with Crippen molar-refractivity contribution in [3.05, 3.63) is 12.3 Å². The Hall–Kier alpha value is -0.460. The molecule has 0 aromatic carbocycles. The van der Waals surface area contributed by atoms with Crippen molar-refractivity contribution in [2.24, 2.45) is 17.8 Å². The van der Waals surface area contributed by atoms with Crippen molar-refractivity contribution in [1.29, 1.82) is 0 Å². The van der Waals surface area contributed by atoms with Gasteiger partial charge in [-0.3, -0.25) is 0 Å². The predicted octanol–water partition coefficient (Wildman–Crippen LogP) is 7.26. The Kier molecular flexibility index (Phi) is 9.15. The highest BCUT2D eigenvalue weighted by Crippen LogP contribution is 2.41. The summed E-state index contributed by atoms with van der Waals surface area (Å²) in [6.07, 6.45) is 24.2. The van der Waals surface area contributed by atoms with Gasteiger partial charge in [0.1, 0.15) is 0 Å². The Labute approximate surface area is 145 Å². The fourth-order valence-electron chi connectivity index (χ4n) is 4.73. The van der Waals surface area contributed by atoms with E-state index in [-0.39, 0.29) is 0 Å². The lowest BCUT2D eigenvalue weighted by atomic mass is 9.70. The molecule has 2 fully saturated rings. The molecule has 134 valence electrons. The van der Waals surface area contributed by atoms with Gasteiger partial charge in [-0.05, 0) is 75.2 Å². The van der Waals surface area contributed by atoms with Crippen LogP contribution in [-0.4, -0.2) is 6.10 Å². The van der Waals surface area contributed by atoms with E-state index >= 15 is 0 Å². The maximum atomic E-state index is 6.04. The molecule has 0 amide bonds. The molecule has 2 rings (SSSR count). The van der Waals surface area contributed by atoms with E-state index in [9.17, 15) is 0 Å². The van der Waals surface area contributed by atoms with Crippen molar-refractivity contribution in [2.75, 3.05) is 0 Å². The number of rotatable bonds is 9. The maximum Gasteiger partial charge on any atom is 0.0981 e. The van der Waals surface area contributed by atoms with Gasteiger partial charge in [0.05, 0.1) is 12.4 Å². The van der Waals surface area contributed by atoms with E-state index in [4.69, 9.17) is 4.74 Å². The summed E-state index contributed by atoms with van der Waals surface area (Å²) in [4.78, 5) is 0. The van der Waals surface area contributed by atoms with Gasteiger partial charge in [-0.15, -0.1) is 0 Å². The van der Waals surface area contributed by atoms with Gasteiger partial charge in [0.25, 0.3) is 0 Å². The first kappa shape index (κ1) is 18.9. The van der Waals surface area contributed by atoms with E-state index in [1.54, 1.807) is 0 Å². The topological polar surface area (TPSA) is 9.23 Å². The van der Waals surface area contributed by atoms with Gasteiger partial charge in [0.2, 0.25) is 0 Å². The zero-order valence-electron chi connectivity index (χ0n) is 15.8. The summed E-state index contributed by atoms with van der Waals surface area (Å²) >= 11 is 0. The predicted molar refractivity (Wildman–Crippen MR) is 100 cm³/mol. The Morgan fingerprint density at radius 1 is 0.870 bits per heavy atom. The fraction of sp³-hybridized carbons (Fsp3) is 0.909. The largest absolute Gasteiger partial charge is 0.498 e. The second-order valence-corrected chi connectivity index (χ2v) is 8.12. The first-order valence-corrected chi connectivity index (χ1v) is 10.6. The summed E-state index contributed by atoms with van der Waals surface area (Å²) in [6.45, 7) is 4.57. The van der Waals surface area contributed by atoms with Gasteiger partial charge in [0, 0.05) is 0 Å². The molecule has 1 nitrogen and oxygen atoms in total. The van der Waals surface area contributed by atoms with E-state index in [1.807, 2.05) is 6.26 Å². The van der Waals surface area contributed by atoms with Gasteiger partial charge >= 0.3 is 0 Å². The SMILES string of the molecule is CCCCC=CO[C@@H]1CCC[C@@H]([C@H]2CC[C@H](CCCC)CC2)C1. The van der Waals surface area contributed by atoms with Crippen molar-refractivity contribution in [3.8, 4) is 0 Å². The number of hydrogen-bond acceptors (Lipinski definition) is 1. The van der Waals surface area contributed by atoms with Crippen LogP contribution in [0, 0.1) is 17.8 Å². The standard InChI is InChI=1S/C22H40O/c1-3-5-7-8-17-23-22-12-9-11-21(18-22)20-15-13-19(14-16-20)10-6-4-2/h8,17,19-22H,3-7,9-16,18H2,1-2H3/t19-,20-,21-,22-/m1/s1. The van der Waals surface area contributed by atoms with Crippen molar-refractivity contribution in [2.45, 2.75) is 110 Å². The van der Waals surface area contributed by atoms with Gasteiger partial charge in [0.15, 0.2) is 0 Å². The number of allylic oxidation sites excluding steroid dienone is 1. The molecule has 2 saturated carbocycles. The lowest BCUT2D eigenvalue weighted by Gasteiger charge is -2.38. The summed E-state index contributed by atoms with van der Waals surface area (Å²) in [7, 11) is 0. The van der Waals surface area contributed by atoms with Crippen LogP contribution in [0.5, 0.6) is 0 Å². The Bertz CT molecular complexity index is 314. The molecule has 0 saturated heterocycles. The molecule has 1 heteroatoms. The Morgan fingerprint density at radius 2 is 1.65 bits per heavy atom. The van der Waals surface area contributed by atoms with Crippen LogP contribution in [0.4, 0.5) is 0 Å². The minimum atomic E-state index is 0.504. The van der Waals surface area contributed by atoms with Crippen LogP contribution in [0.15, 0.2) is 12.3 Å². The van der Waals surface area contributed by atoms with E-state index in [0.29, 0.717) is 6.10 Å². The smallest absolute Gasteiger partial charge is 0.0981 e. The van der Waals surface area contributed by atoms with Gasteiger partial charge in [-0.25, -0.2) is 0 Å². The average molecular weight is 321 g/mol. The highest BCUT2D eigenvalue weighted by atomic mass is 16.5. The molecular weight excluding hydrogens is 280 g/mol. The maximum absolute atomic E-state index is 6.04. The lowest BCUT2D eigenvalue weighted by Crippen LogP contribution is -2.29. The van der Waals surface area contributed by atoms with Crippen molar-refractivity contribution in [1.82, 2.24) is 0 Å². The summed E-state index contributed by atoms with van der Waals surface area (Å²) < 4.78 is 6.04. The lowest BCUT2D eigenvalue weighted by molar-refractivity contribution is 0.0510. The highest BCUT2D eigenvalue weighted by molar-refractivity contribution is 4.84. The monoisotopic (exact) mass is 320 g/mol. The molecule has 0 aliphatic heterocycles. The molecule has 2 aliphatic rings. The Balaban J connectivity index is 1.66. The summed E-state index contributed by atoms with van der Waals surface area (Å²) in [6, 6.07) is 0. The molecule has 0 N–H and O–H groups in total. The van der Waals surface area contributed by atoms with E-state index in [1.165, 1.54) is 89.9 Å². The molecule has 0 bridgehead atoms. The molecule has 0 heterocycles. The van der Waals surface area contributed by atoms with Crippen LogP contribution in [0.1, 0.15) is 104 Å². The van der Waals surface area contributed by atoms with Gasteiger partial charge in [-0.1, -0.05) is 52.4 Å². The summed E-state index contributed by atoms with van der Waals surface area (Å²) in [5.41, 5.74) is 0. The average Bonchev–Trinajstić information content (AvgIpc) is 2.60. The van der Waals surface area contributed by atoms with Crippen molar-refractivity contribution < 1.29 is 4.74 Å². The summed E-state index contributed by atoms with van der Waals surface area (Å²) in [5, 5.41) is 0. The van der Waals surface area contributed by atoms with Crippen LogP contribution in [0.3, 0.4) is 0 Å². The third-order valence-corrected chi connectivity index (χ3v) is 6.28. The molecular formula is C22H40O. The zero-order chi connectivity index (χ0) is 16.3. The van der Waals surface area contributed by atoms with Crippen LogP contribution in [-0.2, 0) is 4.74 Å². The Morgan fingerprint density at radius 3 is 2.39 bits per heavy atom. The van der Waals surface area contributed by atoms with E-state index < -0.39 is 0 Å². The fourth-order valence-corrected chi connectivity index (χ4v) is 4.73. The second-order valence-electron chi connectivity index (χ2n) is 8.12. The normalized spacial score (nSPS) is 32.3. The second kappa shape index (κ2) is 11.2. The van der Waals surface area contributed by atoms with Crippen molar-refractivity contribution >= 4 is 0 Å². The summed E-state index contributed by atoms with van der Waals surface area (Å²) in [5.74, 6) is 3.00. The minimum Gasteiger partial charge on any atom is -0.498 e. The van der Waals surface area contributed by atoms with Crippen molar-refractivity contribution in [3.63, 3.8) is 0 Å². The van der Waals surface area contributed by atoms with Crippen LogP contribution >= 0.6 is 0 Å². The molecule has 23 heavy (non-hydrogen) atoms. The minimum absolute atomic E-state index is 0.504. The number of unbranched alkanes of at least 4 members (excludes halogenated alkanes) is 3. The van der Waals surface area contributed by atoms with Crippen LogP contribution in [0.2, 0.25) is 0 Å². The van der Waals surface area contributed by atoms with Crippen LogP contribution < -0.4 is 0 Å². The molecule has 0 unspecified atom stereocenters. The quantitative estimate of drug-likeness (QED) is 0.321. The molecule has 0 aromatic heterocycles. The molecule has 0 aromatic rings. The highest BCUT2D eigenvalue weighted by Gasteiger charge is 2.31. The molecule has 2 aliphatic carbocycles. The van der Waals surface area contributed by atoms with E-state index in [0.717, 1.165) is 17.8 Å². The third-order valence-electron chi connectivity index (χ3n) is 6.28. The van der Waals surface area contributed by atoms with Gasteiger partial charge in [-0.2, -0.15) is 0 Å². The first-order valence-electron chi connectivity index (χ1n) is 10.6. The molecule has 2 atom stereocenters. The van der Waals surface area contributed by atoms with Crippen LogP contribution in [0.25, 0.3) is 0 Å². The zero-order valence-corrected chi connectivity index (χ0v) is 15.8. The van der Waals surface area contributed by atoms with E-state index in [2.05, 4.69) is 19.9 Å². The van der Waals surface area contributed by atoms with Gasteiger partial charge < -0.3 is 4.74 Å².